The predicted octanol–water partition coefficient (Wildman–Crippen LogP) is 4.05. The van der Waals surface area contributed by atoms with Gasteiger partial charge in [-0.2, -0.15) is 0 Å². The molecule has 0 spiro atoms. The summed E-state index contributed by atoms with van der Waals surface area (Å²) in [6.45, 7) is 7.23. The molecule has 2 aromatic carbocycles. The number of ether oxygens (including phenoxy) is 2. The van der Waals surface area contributed by atoms with Crippen molar-refractivity contribution >= 4 is 17.6 Å². The van der Waals surface area contributed by atoms with Crippen LogP contribution in [0.25, 0.3) is 0 Å². The molecular weight excluding hydrogens is 354 g/mol. The van der Waals surface area contributed by atoms with Crippen LogP contribution in [0, 0.1) is 20.8 Å². The zero-order chi connectivity index (χ0) is 20.3. The summed E-state index contributed by atoms with van der Waals surface area (Å²) in [5, 5.41) is 2.86. The standard InChI is InChI=1S/C23H27NO4/c1-14-10-15(2)22(16(3)11-14)24-23(26)17(4)28-21(25)13-27-20-9-8-18-6-5-7-19(18)12-20/h8-12,17H,5-7,13H2,1-4H3,(H,24,26)/t17-/m0/s1. The Hall–Kier alpha value is -2.82. The maximum atomic E-state index is 12.4. The van der Waals surface area contributed by atoms with E-state index in [2.05, 4.69) is 5.32 Å². The van der Waals surface area contributed by atoms with Gasteiger partial charge in [-0.25, -0.2) is 4.79 Å². The van der Waals surface area contributed by atoms with Crippen LogP contribution in [0.1, 0.15) is 41.2 Å². The van der Waals surface area contributed by atoms with Gasteiger partial charge in [-0.3, -0.25) is 4.79 Å². The van der Waals surface area contributed by atoms with Crippen LogP contribution in [0.15, 0.2) is 30.3 Å². The molecule has 148 valence electrons. The summed E-state index contributed by atoms with van der Waals surface area (Å²) >= 11 is 0. The first-order valence-electron chi connectivity index (χ1n) is 9.66. The fraction of sp³-hybridized carbons (Fsp3) is 0.391. The van der Waals surface area contributed by atoms with Crippen molar-refractivity contribution in [2.75, 3.05) is 11.9 Å². The van der Waals surface area contributed by atoms with E-state index in [-0.39, 0.29) is 12.5 Å². The van der Waals surface area contributed by atoms with E-state index >= 15 is 0 Å². The van der Waals surface area contributed by atoms with E-state index in [9.17, 15) is 9.59 Å². The van der Waals surface area contributed by atoms with E-state index in [1.165, 1.54) is 11.1 Å². The second-order valence-electron chi connectivity index (χ2n) is 7.47. The topological polar surface area (TPSA) is 64.6 Å². The lowest BCUT2D eigenvalue weighted by molar-refractivity contribution is -0.155. The fourth-order valence-electron chi connectivity index (χ4n) is 3.67. The van der Waals surface area contributed by atoms with Gasteiger partial charge in [-0.1, -0.05) is 23.8 Å². The zero-order valence-electron chi connectivity index (χ0n) is 16.9. The minimum atomic E-state index is -0.906. The van der Waals surface area contributed by atoms with Crippen molar-refractivity contribution in [3.05, 3.63) is 58.1 Å². The van der Waals surface area contributed by atoms with Gasteiger partial charge < -0.3 is 14.8 Å². The predicted molar refractivity (Wildman–Crippen MR) is 109 cm³/mol. The summed E-state index contributed by atoms with van der Waals surface area (Å²) in [6.07, 6.45) is 2.40. The summed E-state index contributed by atoms with van der Waals surface area (Å²) in [4.78, 5) is 24.5. The highest BCUT2D eigenvalue weighted by atomic mass is 16.6. The average molecular weight is 381 g/mol. The van der Waals surface area contributed by atoms with E-state index in [0.29, 0.717) is 5.75 Å². The molecule has 0 radical (unpaired) electrons. The lowest BCUT2D eigenvalue weighted by Crippen LogP contribution is -2.32. The van der Waals surface area contributed by atoms with E-state index in [0.717, 1.165) is 41.6 Å². The van der Waals surface area contributed by atoms with E-state index in [1.807, 2.05) is 51.1 Å². The third kappa shape index (κ3) is 4.71. The molecule has 0 aliphatic heterocycles. The Balaban J connectivity index is 1.52. The molecule has 0 aromatic heterocycles. The fourth-order valence-corrected chi connectivity index (χ4v) is 3.67. The SMILES string of the molecule is Cc1cc(C)c(NC(=O)[C@H](C)OC(=O)COc2ccc3c(c2)CCC3)c(C)c1. The van der Waals surface area contributed by atoms with Gasteiger partial charge in [0.15, 0.2) is 12.7 Å². The van der Waals surface area contributed by atoms with Crippen molar-refractivity contribution in [3.8, 4) is 5.75 Å². The number of hydrogen-bond acceptors (Lipinski definition) is 4. The van der Waals surface area contributed by atoms with Crippen molar-refractivity contribution in [3.63, 3.8) is 0 Å². The van der Waals surface area contributed by atoms with Gasteiger partial charge in [0, 0.05) is 5.69 Å². The summed E-state index contributed by atoms with van der Waals surface area (Å²) in [5.74, 6) is -0.276. The lowest BCUT2D eigenvalue weighted by atomic mass is 10.0. The number of nitrogens with one attached hydrogen (secondary N) is 1. The molecule has 1 amide bonds. The van der Waals surface area contributed by atoms with Crippen LogP contribution in [0.5, 0.6) is 5.75 Å². The Labute approximate surface area is 166 Å². The number of carbonyl (C=O) groups is 2. The van der Waals surface area contributed by atoms with Gasteiger partial charge in [0.2, 0.25) is 0 Å². The number of hydrogen-bond donors (Lipinski definition) is 1. The first-order valence-corrected chi connectivity index (χ1v) is 9.66. The van der Waals surface area contributed by atoms with Gasteiger partial charge in [-0.05, 0) is 81.3 Å². The molecule has 1 aliphatic rings. The van der Waals surface area contributed by atoms with Crippen LogP contribution < -0.4 is 10.1 Å². The largest absolute Gasteiger partial charge is 0.482 e. The Kier molecular flexibility index (Phi) is 6.02. The molecule has 5 heteroatoms. The third-order valence-electron chi connectivity index (χ3n) is 5.03. The molecule has 5 nitrogen and oxygen atoms in total. The second-order valence-corrected chi connectivity index (χ2v) is 7.47. The number of fused-ring (bicyclic) bond motifs is 1. The van der Waals surface area contributed by atoms with Crippen LogP contribution in [-0.4, -0.2) is 24.6 Å². The Morgan fingerprint density at radius 3 is 2.43 bits per heavy atom. The zero-order valence-corrected chi connectivity index (χ0v) is 16.9. The van der Waals surface area contributed by atoms with Gasteiger partial charge in [-0.15, -0.1) is 0 Å². The number of rotatable bonds is 6. The first-order chi connectivity index (χ1) is 13.3. The summed E-state index contributed by atoms with van der Waals surface area (Å²) in [6, 6.07) is 9.91. The highest BCUT2D eigenvalue weighted by Crippen LogP contribution is 2.26. The van der Waals surface area contributed by atoms with Crippen molar-refractivity contribution < 1.29 is 19.1 Å². The van der Waals surface area contributed by atoms with Crippen LogP contribution >= 0.6 is 0 Å². The molecule has 1 atom stereocenters. The maximum absolute atomic E-state index is 12.4. The van der Waals surface area contributed by atoms with Crippen LogP contribution in [-0.2, 0) is 27.2 Å². The van der Waals surface area contributed by atoms with Crippen molar-refractivity contribution in [2.45, 2.75) is 53.1 Å². The Bertz CT molecular complexity index is 880. The van der Waals surface area contributed by atoms with Crippen molar-refractivity contribution in [1.29, 1.82) is 0 Å². The lowest BCUT2D eigenvalue weighted by Gasteiger charge is -2.17. The minimum absolute atomic E-state index is 0.223. The van der Waals surface area contributed by atoms with Crippen LogP contribution in [0.3, 0.4) is 0 Å². The van der Waals surface area contributed by atoms with E-state index in [4.69, 9.17) is 9.47 Å². The molecule has 0 fully saturated rings. The first kappa shape index (κ1) is 19.9. The third-order valence-corrected chi connectivity index (χ3v) is 5.03. The van der Waals surface area contributed by atoms with Crippen molar-refractivity contribution in [1.82, 2.24) is 0 Å². The number of amides is 1. The molecule has 1 N–H and O–H groups in total. The number of esters is 1. The average Bonchev–Trinajstić information content (AvgIpc) is 3.10. The Morgan fingerprint density at radius 2 is 1.71 bits per heavy atom. The minimum Gasteiger partial charge on any atom is -0.482 e. The van der Waals surface area contributed by atoms with Gasteiger partial charge in [0.25, 0.3) is 5.91 Å². The molecular formula is C23H27NO4. The highest BCUT2D eigenvalue weighted by Gasteiger charge is 2.20. The molecule has 0 saturated carbocycles. The van der Waals surface area contributed by atoms with Gasteiger partial charge >= 0.3 is 5.97 Å². The smallest absolute Gasteiger partial charge is 0.344 e. The monoisotopic (exact) mass is 381 g/mol. The number of aryl methyl sites for hydroxylation is 5. The normalized spacial score (nSPS) is 13.6. The number of anilines is 1. The molecule has 0 unspecified atom stereocenters. The van der Waals surface area contributed by atoms with E-state index in [1.54, 1.807) is 6.92 Å². The number of benzene rings is 2. The van der Waals surface area contributed by atoms with Crippen LogP contribution in [0.2, 0.25) is 0 Å². The molecule has 3 rings (SSSR count). The van der Waals surface area contributed by atoms with Crippen LogP contribution in [0.4, 0.5) is 5.69 Å². The molecule has 0 bridgehead atoms. The maximum Gasteiger partial charge on any atom is 0.344 e. The van der Waals surface area contributed by atoms with Gasteiger partial charge in [0.1, 0.15) is 5.75 Å². The molecule has 28 heavy (non-hydrogen) atoms. The van der Waals surface area contributed by atoms with Crippen molar-refractivity contribution in [2.24, 2.45) is 0 Å². The van der Waals surface area contributed by atoms with E-state index < -0.39 is 12.1 Å². The molecule has 0 heterocycles. The van der Waals surface area contributed by atoms with Gasteiger partial charge in [0.05, 0.1) is 0 Å². The highest BCUT2D eigenvalue weighted by molar-refractivity contribution is 5.96. The summed E-state index contributed by atoms with van der Waals surface area (Å²) in [5.41, 5.74) is 6.47. The molecule has 2 aromatic rings. The summed E-state index contributed by atoms with van der Waals surface area (Å²) in [7, 11) is 0. The molecule has 1 aliphatic carbocycles. The quantitative estimate of drug-likeness (QED) is 0.767. The summed E-state index contributed by atoms with van der Waals surface area (Å²) < 4.78 is 10.8. The number of carbonyl (C=O) groups excluding carboxylic acids is 2. The molecule has 0 saturated heterocycles. The second kappa shape index (κ2) is 8.46. The Morgan fingerprint density at radius 1 is 1.04 bits per heavy atom.